The number of nitrogens with two attached hydrogens (primary N) is 1. The molecule has 0 bridgehead atoms. The second kappa shape index (κ2) is 11.4. The van der Waals surface area contributed by atoms with E-state index < -0.39 is 25.2 Å². The molecule has 1 heterocycles. The van der Waals surface area contributed by atoms with Gasteiger partial charge in [0.2, 0.25) is 5.91 Å². The van der Waals surface area contributed by atoms with Crippen LogP contribution in [0.3, 0.4) is 0 Å². The fraction of sp³-hybridized carbons (Fsp3) is 0.857. The fourth-order valence-corrected chi connectivity index (χ4v) is 2.02. The van der Waals surface area contributed by atoms with E-state index in [-0.39, 0.29) is 17.9 Å². The Morgan fingerprint density at radius 3 is 2.35 bits per heavy atom. The van der Waals surface area contributed by atoms with Gasteiger partial charge in [0.05, 0.1) is 6.04 Å². The number of carbonyl (C=O) groups excluding carboxylic acids is 1. The highest BCUT2D eigenvalue weighted by Crippen LogP contribution is 2.08. The summed E-state index contributed by atoms with van der Waals surface area (Å²) in [6.45, 7) is 6.24. The first kappa shape index (κ1) is 21.8. The molecule has 0 spiro atoms. The normalized spacial score (nSPS) is 21.3. The van der Waals surface area contributed by atoms with Gasteiger partial charge in [0.15, 0.2) is 0 Å². The molecule has 0 aromatic heterocycles. The van der Waals surface area contributed by atoms with E-state index in [4.69, 9.17) is 20.9 Å². The van der Waals surface area contributed by atoms with Gasteiger partial charge in [0.1, 0.15) is 6.04 Å². The van der Waals surface area contributed by atoms with Crippen LogP contribution in [-0.2, 0) is 9.59 Å². The number of hydrogen-bond donors (Lipinski definition) is 6. The van der Waals surface area contributed by atoms with Gasteiger partial charge in [0, 0.05) is 12.6 Å². The lowest BCUT2D eigenvalue weighted by molar-refractivity contribution is -0.139. The van der Waals surface area contributed by atoms with Gasteiger partial charge in [-0.3, -0.25) is 9.59 Å². The van der Waals surface area contributed by atoms with Crippen molar-refractivity contribution in [2.45, 2.75) is 64.5 Å². The van der Waals surface area contributed by atoms with Crippen LogP contribution in [0.1, 0.15) is 40.0 Å². The molecule has 8 nitrogen and oxygen atoms in total. The molecule has 1 rings (SSSR count). The molecule has 1 saturated heterocycles. The Balaban J connectivity index is 0.000000585. The van der Waals surface area contributed by atoms with Crippen LogP contribution in [0.25, 0.3) is 0 Å². The summed E-state index contributed by atoms with van der Waals surface area (Å²) in [6.07, 6.45) is 2.84. The highest BCUT2D eigenvalue weighted by atomic mass is 16.4. The second-order valence-corrected chi connectivity index (χ2v) is 6.13. The molecule has 134 valence electrons. The van der Waals surface area contributed by atoms with Crippen LogP contribution >= 0.6 is 0 Å². The van der Waals surface area contributed by atoms with Gasteiger partial charge in [0.25, 0.3) is 0 Å². The molecular formula is C14H30BN3O5. The average Bonchev–Trinajstić information content (AvgIpc) is 2.93. The number of aliphatic carboxylic acids is 1. The number of unbranched alkanes of at least 4 members (excludes halogenated alkanes) is 1. The van der Waals surface area contributed by atoms with E-state index in [9.17, 15) is 9.59 Å². The second-order valence-electron chi connectivity index (χ2n) is 6.13. The summed E-state index contributed by atoms with van der Waals surface area (Å²) in [5.74, 6) is -1.03. The van der Waals surface area contributed by atoms with Crippen molar-refractivity contribution in [1.82, 2.24) is 10.6 Å². The van der Waals surface area contributed by atoms with Crippen molar-refractivity contribution in [2.24, 2.45) is 11.7 Å². The van der Waals surface area contributed by atoms with Gasteiger partial charge in [-0.05, 0) is 18.7 Å². The molecule has 23 heavy (non-hydrogen) atoms. The Morgan fingerprint density at radius 1 is 1.39 bits per heavy atom. The number of hydrogen-bond acceptors (Lipinski definition) is 6. The first-order valence-corrected chi connectivity index (χ1v) is 8.07. The molecule has 0 aliphatic carbocycles. The topological polar surface area (TPSA) is 145 Å². The molecule has 3 atom stereocenters. The lowest BCUT2D eigenvalue weighted by atomic mass is 9.84. The molecular weight excluding hydrogens is 301 g/mol. The van der Waals surface area contributed by atoms with E-state index >= 15 is 0 Å². The minimum atomic E-state index is -1.10. The first-order chi connectivity index (χ1) is 10.7. The Bertz CT molecular complexity index is 368. The molecule has 0 saturated carbocycles. The molecule has 7 N–H and O–H groups in total. The van der Waals surface area contributed by atoms with E-state index in [2.05, 4.69) is 10.6 Å². The van der Waals surface area contributed by atoms with Crippen LogP contribution in [0.15, 0.2) is 0 Å². The smallest absolute Gasteiger partial charge is 0.451 e. The summed E-state index contributed by atoms with van der Waals surface area (Å²) in [4.78, 5) is 22.3. The zero-order valence-electron chi connectivity index (χ0n) is 14.2. The van der Waals surface area contributed by atoms with Crippen molar-refractivity contribution < 1.29 is 24.7 Å². The quantitative estimate of drug-likeness (QED) is 0.334. The van der Waals surface area contributed by atoms with E-state index in [0.29, 0.717) is 19.3 Å². The highest BCUT2D eigenvalue weighted by molar-refractivity contribution is 6.40. The maximum Gasteiger partial charge on any atom is 0.451 e. The molecule has 1 amide bonds. The van der Waals surface area contributed by atoms with Crippen LogP contribution in [0.4, 0.5) is 0 Å². The van der Waals surface area contributed by atoms with E-state index in [1.54, 1.807) is 0 Å². The van der Waals surface area contributed by atoms with E-state index in [1.165, 1.54) is 0 Å². The third-order valence-corrected chi connectivity index (χ3v) is 3.61. The maximum absolute atomic E-state index is 11.6. The number of carboxylic acid groups (broad SMARTS) is 1. The third-order valence-electron chi connectivity index (χ3n) is 3.61. The zero-order chi connectivity index (χ0) is 18.0. The largest absolute Gasteiger partial charge is 0.480 e. The summed E-state index contributed by atoms with van der Waals surface area (Å²) in [5, 5.41) is 30.8. The first-order valence-electron chi connectivity index (χ1n) is 8.07. The standard InChI is InChI=1S/C10H19N3O3.C4H11BO2/c1-5(2)8(11)9(14)13-6-3-7(10(15)16)12-4-6;1-2-3-4-5(6)7/h5-8,12H,3-4,11H2,1-2H3,(H,13,14)(H,15,16);6-7H,2-4H2,1H3. The molecule has 1 aliphatic heterocycles. The molecule has 0 aromatic rings. The van der Waals surface area contributed by atoms with Crippen molar-refractivity contribution in [2.75, 3.05) is 6.54 Å². The molecule has 1 aliphatic rings. The summed E-state index contributed by atoms with van der Waals surface area (Å²) in [6, 6.07) is -1.25. The number of carbonyl (C=O) groups is 2. The Morgan fingerprint density at radius 2 is 2.00 bits per heavy atom. The Hall–Kier alpha value is -1.16. The zero-order valence-corrected chi connectivity index (χ0v) is 14.2. The fourth-order valence-electron chi connectivity index (χ4n) is 2.02. The number of rotatable bonds is 7. The number of nitrogens with one attached hydrogen (secondary N) is 2. The van der Waals surface area contributed by atoms with Crippen molar-refractivity contribution in [3.63, 3.8) is 0 Å². The summed E-state index contributed by atoms with van der Waals surface area (Å²) in [5.41, 5.74) is 5.68. The lowest BCUT2D eigenvalue weighted by Gasteiger charge is -2.18. The van der Waals surface area contributed by atoms with Gasteiger partial charge < -0.3 is 31.5 Å². The lowest BCUT2D eigenvalue weighted by Crippen LogP contribution is -2.48. The van der Waals surface area contributed by atoms with Crippen molar-refractivity contribution in [3.8, 4) is 0 Å². The molecule has 3 unspecified atom stereocenters. The van der Waals surface area contributed by atoms with Crippen molar-refractivity contribution in [1.29, 1.82) is 0 Å². The summed E-state index contributed by atoms with van der Waals surface area (Å²) in [7, 11) is -1.10. The van der Waals surface area contributed by atoms with Gasteiger partial charge in [-0.15, -0.1) is 0 Å². The van der Waals surface area contributed by atoms with E-state index in [0.717, 1.165) is 12.8 Å². The highest BCUT2D eigenvalue weighted by Gasteiger charge is 2.31. The van der Waals surface area contributed by atoms with Gasteiger partial charge >= 0.3 is 13.1 Å². The molecule has 9 heteroatoms. The summed E-state index contributed by atoms with van der Waals surface area (Å²) >= 11 is 0. The van der Waals surface area contributed by atoms with Gasteiger partial charge in [-0.2, -0.15) is 0 Å². The van der Waals surface area contributed by atoms with Crippen LogP contribution in [0.5, 0.6) is 0 Å². The minimum Gasteiger partial charge on any atom is -0.480 e. The van der Waals surface area contributed by atoms with Crippen molar-refractivity contribution in [3.05, 3.63) is 0 Å². The average molecular weight is 331 g/mol. The number of amides is 1. The third kappa shape index (κ3) is 9.55. The Kier molecular flexibility index (Phi) is 10.8. The van der Waals surface area contributed by atoms with Gasteiger partial charge in [-0.1, -0.05) is 33.6 Å². The predicted molar refractivity (Wildman–Crippen MR) is 88.7 cm³/mol. The molecule has 0 aromatic carbocycles. The van der Waals surface area contributed by atoms with Gasteiger partial charge in [-0.25, -0.2) is 0 Å². The van der Waals surface area contributed by atoms with Crippen LogP contribution in [0.2, 0.25) is 6.32 Å². The van der Waals surface area contributed by atoms with Crippen LogP contribution < -0.4 is 16.4 Å². The summed E-state index contributed by atoms with van der Waals surface area (Å²) < 4.78 is 0. The van der Waals surface area contributed by atoms with Crippen LogP contribution in [-0.4, -0.2) is 58.8 Å². The maximum atomic E-state index is 11.6. The predicted octanol–water partition coefficient (Wildman–Crippen LogP) is -0.840. The number of carboxylic acids is 1. The molecule has 0 radical (unpaired) electrons. The SMILES string of the molecule is CC(C)C(N)C(=O)NC1CNC(C(=O)O)C1.CCCCB(O)O. The molecule has 1 fully saturated rings. The minimum absolute atomic E-state index is 0.0737. The monoisotopic (exact) mass is 331 g/mol. The van der Waals surface area contributed by atoms with Crippen LogP contribution in [0, 0.1) is 5.92 Å². The van der Waals surface area contributed by atoms with E-state index in [1.807, 2.05) is 20.8 Å². The Labute approximate surface area is 138 Å². The van der Waals surface area contributed by atoms with Crippen molar-refractivity contribution >= 4 is 19.0 Å².